The smallest absolute Gasteiger partial charge is 0.123 e. The van der Waals surface area contributed by atoms with Gasteiger partial charge in [-0.3, -0.25) is 0 Å². The highest BCUT2D eigenvalue weighted by Gasteiger charge is 2.15. The Bertz CT molecular complexity index is 1730. The monoisotopic (exact) mass is 1010 g/mol. The molecule has 0 spiro atoms. The van der Waals surface area contributed by atoms with Crippen LogP contribution >= 0.6 is 90.4 Å². The maximum absolute atomic E-state index is 13.3. The Morgan fingerprint density at radius 1 is 0.326 bits per heavy atom. The lowest BCUT2D eigenvalue weighted by Gasteiger charge is -2.15. The van der Waals surface area contributed by atoms with Gasteiger partial charge in [-0.15, -0.1) is 0 Å². The molecular weight excluding hydrogens is 990 g/mol. The maximum atomic E-state index is 13.3. The predicted octanol–water partition coefficient (Wildman–Crippen LogP) is 12.6. The first-order valence-corrected chi connectivity index (χ1v) is 17.8. The largest absolute Gasteiger partial charge is 0.207 e. The molecule has 0 aliphatic rings. The first-order chi connectivity index (χ1) is 20.7. The van der Waals surface area contributed by atoms with Gasteiger partial charge < -0.3 is 0 Å². The van der Waals surface area contributed by atoms with E-state index < -0.39 is 0 Å². The van der Waals surface area contributed by atoms with Crippen LogP contribution in [0, 0.1) is 25.9 Å². The van der Waals surface area contributed by atoms with E-state index in [1.54, 1.807) is 0 Å². The Hall–Kier alpha value is -1.90. The molecule has 0 atom stereocenters. The summed E-state index contributed by atoms with van der Waals surface area (Å²) >= 11 is 9.87. The second-order valence-electron chi connectivity index (χ2n) is 10.2. The number of hydrogen-bond donors (Lipinski definition) is 0. The molecule has 6 aromatic carbocycles. The lowest BCUT2D eigenvalue weighted by atomic mass is 9.96. The second kappa shape index (κ2) is 13.6. The second-order valence-corrected chi connectivity index (χ2v) is 14.8. The fraction of sp³-hybridized carbons (Fsp3) is 0.0270. The quantitative estimate of drug-likeness (QED) is 0.146. The predicted molar refractivity (Wildman–Crippen MR) is 208 cm³/mol. The average molecular weight is 1010 g/mol. The van der Waals surface area contributed by atoms with Gasteiger partial charge in [-0.2, -0.15) is 0 Å². The normalized spacial score (nSPS) is 11.1. The zero-order chi connectivity index (χ0) is 30.1. The van der Waals surface area contributed by atoms with Crippen LogP contribution in [0.1, 0.15) is 11.1 Å². The first kappa shape index (κ1) is 31.1. The van der Waals surface area contributed by atoms with Gasteiger partial charge in [0.05, 0.1) is 0 Å². The highest BCUT2D eigenvalue weighted by Crippen LogP contribution is 2.35. The Balaban J connectivity index is 1.22. The summed E-state index contributed by atoms with van der Waals surface area (Å²) in [5, 5.41) is 0. The van der Waals surface area contributed by atoms with E-state index >= 15 is 0 Å². The molecule has 0 radical (unpaired) electrons. The zero-order valence-corrected chi connectivity index (χ0v) is 31.2. The van der Waals surface area contributed by atoms with Crippen molar-refractivity contribution < 1.29 is 8.78 Å². The molecule has 0 aromatic heterocycles. The highest BCUT2D eigenvalue weighted by atomic mass is 127. The topological polar surface area (TPSA) is 0 Å². The molecule has 0 unspecified atom stereocenters. The van der Waals surface area contributed by atoms with Crippen LogP contribution in [0.25, 0.3) is 44.5 Å². The van der Waals surface area contributed by atoms with Crippen molar-refractivity contribution in [1.82, 2.24) is 0 Å². The van der Waals surface area contributed by atoms with Gasteiger partial charge in [0.1, 0.15) is 11.6 Å². The molecule has 0 amide bonds. The third-order valence-electron chi connectivity index (χ3n) is 7.43. The van der Waals surface area contributed by atoms with Gasteiger partial charge in [-0.25, -0.2) is 8.78 Å². The van der Waals surface area contributed by atoms with Crippen LogP contribution in [0.15, 0.2) is 121 Å². The summed E-state index contributed by atoms with van der Waals surface area (Å²) in [6.07, 6.45) is 0.862. The molecule has 0 saturated heterocycles. The summed E-state index contributed by atoms with van der Waals surface area (Å²) in [5.41, 5.74) is 11.5. The third kappa shape index (κ3) is 7.17. The van der Waals surface area contributed by atoms with Gasteiger partial charge in [0, 0.05) is 20.7 Å². The van der Waals surface area contributed by atoms with Crippen molar-refractivity contribution in [2.75, 3.05) is 0 Å². The molecule has 6 rings (SSSR count). The fourth-order valence-electron chi connectivity index (χ4n) is 5.05. The fourth-order valence-corrected chi connectivity index (χ4v) is 9.35. The van der Waals surface area contributed by atoms with Gasteiger partial charge in [-0.05, 0) is 195 Å². The van der Waals surface area contributed by atoms with Gasteiger partial charge in [0.2, 0.25) is 0 Å². The molecular formula is C37H22F2I4. The van der Waals surface area contributed by atoms with E-state index in [2.05, 4.69) is 163 Å². The van der Waals surface area contributed by atoms with E-state index in [0.29, 0.717) is 0 Å². The van der Waals surface area contributed by atoms with E-state index in [9.17, 15) is 8.78 Å². The zero-order valence-electron chi connectivity index (χ0n) is 22.5. The number of hydrogen-bond acceptors (Lipinski definition) is 0. The van der Waals surface area contributed by atoms with E-state index in [4.69, 9.17) is 0 Å². The number of benzene rings is 6. The summed E-state index contributed by atoms with van der Waals surface area (Å²) in [7, 11) is 0. The summed E-state index contributed by atoms with van der Waals surface area (Å²) in [5.74, 6) is -0.446. The molecule has 0 aliphatic carbocycles. The maximum Gasteiger partial charge on any atom is 0.123 e. The summed E-state index contributed by atoms with van der Waals surface area (Å²) in [6, 6.07) is 39.2. The van der Waals surface area contributed by atoms with Crippen LogP contribution in [0.4, 0.5) is 8.78 Å². The molecule has 0 fully saturated rings. The molecule has 43 heavy (non-hydrogen) atoms. The van der Waals surface area contributed by atoms with Crippen LogP contribution in [-0.4, -0.2) is 0 Å². The molecule has 0 aliphatic heterocycles. The van der Waals surface area contributed by atoms with Crippen molar-refractivity contribution in [2.45, 2.75) is 6.42 Å². The van der Waals surface area contributed by atoms with Gasteiger partial charge in [-0.1, -0.05) is 72.8 Å². The van der Waals surface area contributed by atoms with Gasteiger partial charge >= 0.3 is 0 Å². The van der Waals surface area contributed by atoms with E-state index in [1.807, 2.05) is 24.3 Å². The number of rotatable bonds is 6. The van der Waals surface area contributed by atoms with E-state index in [1.165, 1.54) is 60.8 Å². The minimum absolute atomic E-state index is 0.223. The van der Waals surface area contributed by atoms with Crippen molar-refractivity contribution in [3.05, 3.63) is 158 Å². The summed E-state index contributed by atoms with van der Waals surface area (Å²) < 4.78 is 31.6. The summed E-state index contributed by atoms with van der Waals surface area (Å²) in [4.78, 5) is 0. The van der Waals surface area contributed by atoms with Crippen molar-refractivity contribution >= 4 is 90.4 Å². The lowest BCUT2D eigenvalue weighted by Crippen LogP contribution is -2.01. The number of halogens is 6. The van der Waals surface area contributed by atoms with Crippen LogP contribution in [0.3, 0.4) is 0 Å². The Morgan fingerprint density at radius 3 is 0.791 bits per heavy atom. The van der Waals surface area contributed by atoms with Crippen LogP contribution in [-0.2, 0) is 6.42 Å². The van der Waals surface area contributed by atoms with E-state index in [0.717, 1.165) is 39.8 Å². The first-order valence-electron chi connectivity index (χ1n) is 13.4. The highest BCUT2D eigenvalue weighted by molar-refractivity contribution is 14.1. The van der Waals surface area contributed by atoms with Crippen LogP contribution in [0.2, 0.25) is 0 Å². The van der Waals surface area contributed by atoms with E-state index in [-0.39, 0.29) is 11.6 Å². The van der Waals surface area contributed by atoms with Crippen molar-refractivity contribution in [2.24, 2.45) is 0 Å². The van der Waals surface area contributed by atoms with Crippen LogP contribution in [0.5, 0.6) is 0 Å². The van der Waals surface area contributed by atoms with Crippen molar-refractivity contribution in [1.29, 1.82) is 0 Å². The van der Waals surface area contributed by atoms with Gasteiger partial charge in [0.15, 0.2) is 0 Å². The lowest BCUT2D eigenvalue weighted by molar-refractivity contribution is 0.627. The third-order valence-corrected chi connectivity index (χ3v) is 11.3. The Kier molecular flexibility index (Phi) is 9.85. The Labute approximate surface area is 304 Å². The molecule has 0 N–H and O–H groups in total. The molecule has 0 bridgehead atoms. The molecule has 6 heteroatoms. The molecule has 212 valence electrons. The summed E-state index contributed by atoms with van der Waals surface area (Å²) in [6.45, 7) is 0. The molecule has 0 heterocycles. The standard InChI is InChI=1S/C37H22F2I4/c38-30-13-9-24(10-14-30)22-1-5-26(6-2-22)28-17-34(40)32(35(41)18-28)21-33-36(42)19-29(20-37(33)43)27-7-3-23(4-8-27)25-11-15-31(39)16-12-25/h1-20H,21H2. The molecule has 0 saturated carbocycles. The molecule has 6 aromatic rings. The molecule has 0 nitrogen and oxygen atoms in total. The SMILES string of the molecule is Fc1ccc(-c2ccc(-c3cc(I)c(Cc4c(I)cc(-c5ccc(-c6ccc(F)cc6)cc5)cc4I)c(I)c3)cc2)cc1. The minimum Gasteiger partial charge on any atom is -0.207 e. The van der Waals surface area contributed by atoms with Crippen molar-refractivity contribution in [3.8, 4) is 44.5 Å². The van der Waals surface area contributed by atoms with Gasteiger partial charge in [0.25, 0.3) is 0 Å². The Morgan fingerprint density at radius 2 is 0.535 bits per heavy atom. The van der Waals surface area contributed by atoms with Crippen molar-refractivity contribution in [3.63, 3.8) is 0 Å². The average Bonchev–Trinajstić information content (AvgIpc) is 3.01. The minimum atomic E-state index is -0.223. The van der Waals surface area contributed by atoms with Crippen LogP contribution < -0.4 is 0 Å².